The topological polar surface area (TPSA) is 60.7 Å². The third-order valence-electron chi connectivity index (χ3n) is 2.96. The Hall–Kier alpha value is -0.120. The minimum atomic E-state index is -1.29. The normalized spacial score (nSPS) is 14.4. The summed E-state index contributed by atoms with van der Waals surface area (Å²) >= 11 is 0. The quantitative estimate of drug-likeness (QED) is 0.522. The first kappa shape index (κ1) is 13.9. The van der Waals surface area contributed by atoms with E-state index >= 15 is 0 Å². The largest absolute Gasteiger partial charge is 0.393 e. The van der Waals surface area contributed by atoms with Gasteiger partial charge in [-0.1, -0.05) is 39.5 Å². The summed E-state index contributed by atoms with van der Waals surface area (Å²) in [6, 6.07) is 0. The first-order valence-electron chi connectivity index (χ1n) is 5.58. The van der Waals surface area contributed by atoms with Crippen LogP contribution in [0, 0.1) is 5.92 Å². The number of hydrogen-bond acceptors (Lipinski definition) is 3. The monoisotopic (exact) mass is 204 g/mol. The zero-order valence-electron chi connectivity index (χ0n) is 9.37. The summed E-state index contributed by atoms with van der Waals surface area (Å²) in [5.41, 5.74) is -1.29. The first-order valence-corrected chi connectivity index (χ1v) is 5.58. The van der Waals surface area contributed by atoms with Crippen LogP contribution in [0.4, 0.5) is 0 Å². The van der Waals surface area contributed by atoms with E-state index in [2.05, 4.69) is 6.92 Å². The average molecular weight is 204 g/mol. The van der Waals surface area contributed by atoms with Crippen molar-refractivity contribution in [2.24, 2.45) is 5.92 Å². The van der Waals surface area contributed by atoms with E-state index in [9.17, 15) is 5.11 Å². The predicted octanol–water partition coefficient (Wildman–Crippen LogP) is 1.31. The summed E-state index contributed by atoms with van der Waals surface area (Å²) in [7, 11) is 0. The van der Waals surface area contributed by atoms with Crippen LogP contribution in [0.15, 0.2) is 0 Å². The van der Waals surface area contributed by atoms with E-state index in [1.54, 1.807) is 0 Å². The third-order valence-corrected chi connectivity index (χ3v) is 2.96. The Kier molecular flexibility index (Phi) is 7.15. The van der Waals surface area contributed by atoms with Gasteiger partial charge < -0.3 is 15.3 Å². The molecular formula is C11H24O3. The van der Waals surface area contributed by atoms with E-state index in [0.717, 1.165) is 32.1 Å². The lowest BCUT2D eigenvalue weighted by Gasteiger charge is -2.32. The van der Waals surface area contributed by atoms with Gasteiger partial charge in [-0.2, -0.15) is 0 Å². The molecule has 0 fully saturated rings. The van der Waals surface area contributed by atoms with Gasteiger partial charge in [-0.05, 0) is 12.3 Å². The molecule has 86 valence electrons. The Morgan fingerprint density at radius 1 is 1.07 bits per heavy atom. The summed E-state index contributed by atoms with van der Waals surface area (Å²) < 4.78 is 0. The van der Waals surface area contributed by atoms with Crippen LogP contribution in [-0.4, -0.2) is 34.1 Å². The molecule has 3 heteroatoms. The lowest BCUT2D eigenvalue weighted by atomic mass is 9.82. The van der Waals surface area contributed by atoms with Gasteiger partial charge in [0.2, 0.25) is 0 Å². The Labute approximate surface area is 86.8 Å². The van der Waals surface area contributed by atoms with E-state index in [4.69, 9.17) is 10.2 Å². The molecule has 0 rings (SSSR count). The van der Waals surface area contributed by atoms with Gasteiger partial charge in [-0.25, -0.2) is 0 Å². The maximum atomic E-state index is 9.89. The second-order valence-electron chi connectivity index (χ2n) is 4.02. The van der Waals surface area contributed by atoms with Gasteiger partial charge in [0.05, 0.1) is 13.2 Å². The third kappa shape index (κ3) is 3.95. The molecule has 0 aromatic carbocycles. The summed E-state index contributed by atoms with van der Waals surface area (Å²) in [4.78, 5) is 0. The van der Waals surface area contributed by atoms with Crippen molar-refractivity contribution in [1.82, 2.24) is 0 Å². The molecule has 0 unspecified atom stereocenters. The van der Waals surface area contributed by atoms with Crippen molar-refractivity contribution < 1.29 is 15.3 Å². The van der Waals surface area contributed by atoms with E-state index in [0.29, 0.717) is 0 Å². The molecule has 0 aliphatic rings. The molecule has 0 saturated carbocycles. The molecule has 0 aromatic rings. The average Bonchev–Trinajstić information content (AvgIpc) is 2.23. The molecule has 3 nitrogen and oxygen atoms in total. The maximum absolute atomic E-state index is 9.89. The van der Waals surface area contributed by atoms with Gasteiger partial charge in [-0.15, -0.1) is 0 Å². The van der Waals surface area contributed by atoms with Gasteiger partial charge in [0.25, 0.3) is 0 Å². The molecule has 14 heavy (non-hydrogen) atoms. The van der Waals surface area contributed by atoms with E-state index in [-0.39, 0.29) is 19.1 Å². The van der Waals surface area contributed by atoms with Crippen molar-refractivity contribution in [1.29, 1.82) is 0 Å². The molecule has 0 aromatic heterocycles. The molecule has 0 aliphatic heterocycles. The fourth-order valence-electron chi connectivity index (χ4n) is 1.80. The van der Waals surface area contributed by atoms with Crippen LogP contribution < -0.4 is 0 Å². The predicted molar refractivity (Wildman–Crippen MR) is 57.0 cm³/mol. The SMILES string of the molecule is CCCCC[C@H](CC)C(O)(CO)CO. The number of hydrogen-bond donors (Lipinski definition) is 3. The molecule has 0 aliphatic carbocycles. The van der Waals surface area contributed by atoms with Crippen molar-refractivity contribution in [2.45, 2.75) is 51.6 Å². The van der Waals surface area contributed by atoms with Crippen molar-refractivity contribution in [3.8, 4) is 0 Å². The Balaban J connectivity index is 4.08. The van der Waals surface area contributed by atoms with E-state index in [1.165, 1.54) is 0 Å². The summed E-state index contributed by atoms with van der Waals surface area (Å²) in [5.74, 6) is 0.00375. The summed E-state index contributed by atoms with van der Waals surface area (Å²) in [6.07, 6.45) is 5.01. The smallest absolute Gasteiger partial charge is 0.113 e. The highest BCUT2D eigenvalue weighted by molar-refractivity contribution is 4.84. The second kappa shape index (κ2) is 7.21. The van der Waals surface area contributed by atoms with Crippen LogP contribution in [0.25, 0.3) is 0 Å². The minimum absolute atomic E-state index is 0.00375. The lowest BCUT2D eigenvalue weighted by Crippen LogP contribution is -2.45. The number of rotatable bonds is 8. The van der Waals surface area contributed by atoms with Crippen molar-refractivity contribution in [3.63, 3.8) is 0 Å². The lowest BCUT2D eigenvalue weighted by molar-refractivity contribution is -0.0992. The Morgan fingerprint density at radius 3 is 2.00 bits per heavy atom. The van der Waals surface area contributed by atoms with Crippen LogP contribution in [0.2, 0.25) is 0 Å². The highest BCUT2D eigenvalue weighted by Gasteiger charge is 2.33. The number of aliphatic hydroxyl groups excluding tert-OH is 2. The van der Waals surface area contributed by atoms with Gasteiger partial charge in [0.15, 0.2) is 0 Å². The van der Waals surface area contributed by atoms with Gasteiger partial charge >= 0.3 is 0 Å². The molecule has 0 radical (unpaired) electrons. The molecule has 0 bridgehead atoms. The first-order chi connectivity index (χ1) is 6.64. The second-order valence-corrected chi connectivity index (χ2v) is 4.02. The van der Waals surface area contributed by atoms with Crippen molar-refractivity contribution >= 4 is 0 Å². The minimum Gasteiger partial charge on any atom is -0.393 e. The van der Waals surface area contributed by atoms with E-state index in [1.807, 2.05) is 6.92 Å². The molecule has 0 spiro atoms. The van der Waals surface area contributed by atoms with Crippen LogP contribution >= 0.6 is 0 Å². The Bertz CT molecular complexity index is 132. The highest BCUT2D eigenvalue weighted by atomic mass is 16.4. The fourth-order valence-corrected chi connectivity index (χ4v) is 1.80. The van der Waals surface area contributed by atoms with Gasteiger partial charge in [0, 0.05) is 0 Å². The van der Waals surface area contributed by atoms with Crippen LogP contribution in [0.3, 0.4) is 0 Å². The van der Waals surface area contributed by atoms with Gasteiger partial charge in [-0.3, -0.25) is 0 Å². The molecule has 0 amide bonds. The number of unbranched alkanes of at least 4 members (excludes halogenated alkanes) is 2. The molecule has 0 saturated heterocycles. The van der Waals surface area contributed by atoms with E-state index < -0.39 is 5.60 Å². The summed E-state index contributed by atoms with van der Waals surface area (Å²) in [6.45, 7) is 3.40. The van der Waals surface area contributed by atoms with Crippen LogP contribution in [0.5, 0.6) is 0 Å². The standard InChI is InChI=1S/C11H24O3/c1-3-5-6-7-10(4-2)11(14,8-12)9-13/h10,12-14H,3-9H2,1-2H3/t10-/m0/s1. The maximum Gasteiger partial charge on any atom is 0.113 e. The molecule has 1 atom stereocenters. The molecule has 0 heterocycles. The highest BCUT2D eigenvalue weighted by Crippen LogP contribution is 2.25. The molecular weight excluding hydrogens is 180 g/mol. The van der Waals surface area contributed by atoms with Gasteiger partial charge in [0.1, 0.15) is 5.60 Å². The van der Waals surface area contributed by atoms with Crippen LogP contribution in [-0.2, 0) is 0 Å². The number of aliphatic hydroxyl groups is 3. The van der Waals surface area contributed by atoms with Crippen molar-refractivity contribution in [3.05, 3.63) is 0 Å². The summed E-state index contributed by atoms with van der Waals surface area (Å²) in [5, 5.41) is 28.0. The Morgan fingerprint density at radius 2 is 1.64 bits per heavy atom. The van der Waals surface area contributed by atoms with Crippen LogP contribution in [0.1, 0.15) is 46.0 Å². The van der Waals surface area contributed by atoms with Crippen molar-refractivity contribution in [2.75, 3.05) is 13.2 Å². The fraction of sp³-hybridized carbons (Fsp3) is 1.00. The zero-order valence-corrected chi connectivity index (χ0v) is 9.37. The molecule has 3 N–H and O–H groups in total. The zero-order chi connectivity index (χ0) is 11.0.